The average Bonchev–Trinajstić information content (AvgIpc) is 3.09. The standard InChI is InChI=1S/C17H9BrClN3OS/c18-11-5-3-4-10(8-11)9-14-16(23)22-15(20-21-17(22)24-14)12-6-1-2-7-13(12)19/h1-9H. The number of nitrogens with zero attached hydrogens (tertiary/aromatic N) is 3. The first-order valence-electron chi connectivity index (χ1n) is 7.03. The van der Waals surface area contributed by atoms with Crippen molar-refractivity contribution in [2.24, 2.45) is 0 Å². The third-order valence-corrected chi connectivity index (χ3v) is 5.29. The van der Waals surface area contributed by atoms with Gasteiger partial charge in [-0.2, -0.15) is 0 Å². The Labute approximate surface area is 154 Å². The molecule has 0 bridgehead atoms. The third kappa shape index (κ3) is 2.66. The largest absolute Gasteiger partial charge is 0.276 e. The van der Waals surface area contributed by atoms with Crippen molar-refractivity contribution < 1.29 is 0 Å². The number of rotatable bonds is 2. The normalized spacial score (nSPS) is 12.2. The monoisotopic (exact) mass is 417 g/mol. The van der Waals surface area contributed by atoms with Crippen LogP contribution in [0.5, 0.6) is 0 Å². The minimum atomic E-state index is -0.144. The predicted molar refractivity (Wildman–Crippen MR) is 101 cm³/mol. The molecule has 0 aliphatic rings. The first-order chi connectivity index (χ1) is 11.6. The molecule has 0 saturated heterocycles. The van der Waals surface area contributed by atoms with Gasteiger partial charge in [-0.15, -0.1) is 10.2 Å². The van der Waals surface area contributed by atoms with Crippen molar-refractivity contribution in [1.82, 2.24) is 14.6 Å². The second kappa shape index (κ2) is 6.12. The van der Waals surface area contributed by atoms with E-state index in [0.717, 1.165) is 10.0 Å². The molecule has 0 unspecified atom stereocenters. The number of benzene rings is 2. The molecule has 4 nitrogen and oxygen atoms in total. The lowest BCUT2D eigenvalue weighted by atomic mass is 10.2. The molecule has 0 atom stereocenters. The zero-order valence-electron chi connectivity index (χ0n) is 12.1. The highest BCUT2D eigenvalue weighted by atomic mass is 79.9. The van der Waals surface area contributed by atoms with E-state index in [2.05, 4.69) is 26.1 Å². The minimum absolute atomic E-state index is 0.144. The number of halogens is 2. The van der Waals surface area contributed by atoms with E-state index < -0.39 is 0 Å². The summed E-state index contributed by atoms with van der Waals surface area (Å²) in [6, 6.07) is 15.0. The second-order valence-corrected chi connectivity index (χ2v) is 7.42. The van der Waals surface area contributed by atoms with E-state index >= 15 is 0 Å². The Kier molecular flexibility index (Phi) is 3.96. The van der Waals surface area contributed by atoms with E-state index in [1.165, 1.54) is 15.7 Å². The summed E-state index contributed by atoms with van der Waals surface area (Å²) in [5.41, 5.74) is 1.49. The lowest BCUT2D eigenvalue weighted by Crippen LogP contribution is -2.23. The van der Waals surface area contributed by atoms with Crippen LogP contribution in [0, 0.1) is 0 Å². The van der Waals surface area contributed by atoms with Crippen molar-refractivity contribution in [2.75, 3.05) is 0 Å². The Morgan fingerprint density at radius 2 is 1.96 bits per heavy atom. The first-order valence-corrected chi connectivity index (χ1v) is 9.02. The van der Waals surface area contributed by atoms with Crippen LogP contribution >= 0.6 is 38.9 Å². The van der Waals surface area contributed by atoms with E-state index in [-0.39, 0.29) is 5.56 Å². The van der Waals surface area contributed by atoms with Gasteiger partial charge in [0.1, 0.15) is 0 Å². The summed E-state index contributed by atoms with van der Waals surface area (Å²) < 4.78 is 3.07. The molecule has 0 N–H and O–H groups in total. The van der Waals surface area contributed by atoms with Crippen LogP contribution < -0.4 is 10.1 Å². The van der Waals surface area contributed by atoms with Crippen LogP contribution in [0.4, 0.5) is 0 Å². The average molecular weight is 419 g/mol. The molecule has 0 fully saturated rings. The second-order valence-electron chi connectivity index (χ2n) is 5.09. The summed E-state index contributed by atoms with van der Waals surface area (Å²) in [6.45, 7) is 0. The highest BCUT2D eigenvalue weighted by Gasteiger charge is 2.15. The van der Waals surface area contributed by atoms with Gasteiger partial charge in [0, 0.05) is 10.0 Å². The number of hydrogen-bond donors (Lipinski definition) is 0. The molecule has 24 heavy (non-hydrogen) atoms. The molecule has 0 spiro atoms. The van der Waals surface area contributed by atoms with Crippen LogP contribution in [0.2, 0.25) is 5.02 Å². The summed E-state index contributed by atoms with van der Waals surface area (Å²) in [5, 5.41) is 8.78. The van der Waals surface area contributed by atoms with Crippen molar-refractivity contribution >= 4 is 49.9 Å². The first kappa shape index (κ1) is 15.5. The molecular formula is C17H9BrClN3OS. The quantitative estimate of drug-likeness (QED) is 0.498. The zero-order valence-corrected chi connectivity index (χ0v) is 15.3. The van der Waals surface area contributed by atoms with Gasteiger partial charge in [0.25, 0.3) is 5.56 Å². The van der Waals surface area contributed by atoms with Crippen LogP contribution in [0.15, 0.2) is 57.8 Å². The lowest BCUT2D eigenvalue weighted by molar-refractivity contribution is 1.09. The molecule has 4 rings (SSSR count). The fourth-order valence-corrected chi connectivity index (χ4v) is 3.98. The Bertz CT molecular complexity index is 1170. The molecule has 0 saturated carbocycles. The summed E-state index contributed by atoms with van der Waals surface area (Å²) in [5.74, 6) is 0.464. The van der Waals surface area contributed by atoms with E-state index in [9.17, 15) is 4.79 Å². The van der Waals surface area contributed by atoms with Crippen LogP contribution in [0.25, 0.3) is 22.4 Å². The van der Waals surface area contributed by atoms with Crippen molar-refractivity contribution in [3.05, 3.63) is 78.5 Å². The highest BCUT2D eigenvalue weighted by Crippen LogP contribution is 2.25. The molecule has 2 aromatic carbocycles. The Balaban J connectivity index is 1.95. The molecule has 7 heteroatoms. The molecule has 0 radical (unpaired) electrons. The number of fused-ring (bicyclic) bond motifs is 1. The maximum Gasteiger partial charge on any atom is 0.276 e. The van der Waals surface area contributed by atoms with Gasteiger partial charge in [0.05, 0.1) is 9.55 Å². The Morgan fingerprint density at radius 1 is 1.12 bits per heavy atom. The van der Waals surface area contributed by atoms with Gasteiger partial charge >= 0.3 is 0 Å². The predicted octanol–water partition coefficient (Wildman–Crippen LogP) is 3.78. The number of thiazole rings is 1. The topological polar surface area (TPSA) is 47.3 Å². The summed E-state index contributed by atoms with van der Waals surface area (Å²) in [4.78, 5) is 13.3. The van der Waals surface area contributed by atoms with Crippen LogP contribution in [-0.4, -0.2) is 14.6 Å². The van der Waals surface area contributed by atoms with Crippen molar-refractivity contribution in [3.63, 3.8) is 0 Å². The lowest BCUT2D eigenvalue weighted by Gasteiger charge is -1.99. The fourth-order valence-electron chi connectivity index (χ4n) is 2.43. The number of hydrogen-bond acceptors (Lipinski definition) is 4. The molecule has 2 heterocycles. The van der Waals surface area contributed by atoms with Gasteiger partial charge in [-0.05, 0) is 35.9 Å². The van der Waals surface area contributed by atoms with Gasteiger partial charge in [0.2, 0.25) is 4.96 Å². The van der Waals surface area contributed by atoms with Crippen molar-refractivity contribution in [3.8, 4) is 11.4 Å². The van der Waals surface area contributed by atoms with Crippen LogP contribution in [-0.2, 0) is 0 Å². The molecule has 4 aromatic rings. The highest BCUT2D eigenvalue weighted by molar-refractivity contribution is 9.10. The van der Waals surface area contributed by atoms with Gasteiger partial charge in [-0.25, -0.2) is 4.40 Å². The molecule has 2 aromatic heterocycles. The summed E-state index contributed by atoms with van der Waals surface area (Å²) in [7, 11) is 0. The van der Waals surface area contributed by atoms with E-state index in [1.807, 2.05) is 48.5 Å². The summed E-state index contributed by atoms with van der Waals surface area (Å²) in [6.07, 6.45) is 1.85. The maximum atomic E-state index is 12.8. The van der Waals surface area contributed by atoms with Crippen molar-refractivity contribution in [2.45, 2.75) is 0 Å². The van der Waals surface area contributed by atoms with Gasteiger partial charge in [-0.3, -0.25) is 4.79 Å². The Morgan fingerprint density at radius 3 is 2.75 bits per heavy atom. The molecule has 0 aliphatic heterocycles. The van der Waals surface area contributed by atoms with Crippen LogP contribution in [0.3, 0.4) is 0 Å². The van der Waals surface area contributed by atoms with E-state index in [4.69, 9.17) is 11.6 Å². The van der Waals surface area contributed by atoms with E-state index in [1.54, 1.807) is 6.07 Å². The van der Waals surface area contributed by atoms with Crippen LogP contribution in [0.1, 0.15) is 5.56 Å². The third-order valence-electron chi connectivity index (χ3n) is 3.51. The zero-order chi connectivity index (χ0) is 16.7. The number of aromatic nitrogens is 3. The van der Waals surface area contributed by atoms with Crippen molar-refractivity contribution in [1.29, 1.82) is 0 Å². The van der Waals surface area contributed by atoms with Gasteiger partial charge < -0.3 is 0 Å². The van der Waals surface area contributed by atoms with Gasteiger partial charge in [-0.1, -0.05) is 63.1 Å². The maximum absolute atomic E-state index is 12.8. The summed E-state index contributed by atoms with van der Waals surface area (Å²) >= 11 is 11.0. The minimum Gasteiger partial charge on any atom is -0.267 e. The van der Waals surface area contributed by atoms with Gasteiger partial charge in [0.15, 0.2) is 5.82 Å². The Hall–Kier alpha value is -2.02. The SMILES string of the molecule is O=c1c(=Cc2cccc(Br)c2)sc2nnc(-c3ccccc3Cl)n12. The van der Waals surface area contributed by atoms with E-state index in [0.29, 0.717) is 25.9 Å². The molecule has 118 valence electrons. The fraction of sp³-hybridized carbons (Fsp3) is 0. The molecule has 0 amide bonds. The molecule has 0 aliphatic carbocycles. The smallest absolute Gasteiger partial charge is 0.267 e. The molecular weight excluding hydrogens is 410 g/mol.